The number of nitrogens with zero attached hydrogens (tertiary/aromatic N) is 1. The van der Waals surface area contributed by atoms with Crippen molar-refractivity contribution < 1.29 is 14.7 Å². The van der Waals surface area contributed by atoms with Gasteiger partial charge in [0.25, 0.3) is 5.91 Å². The minimum absolute atomic E-state index is 0.207. The summed E-state index contributed by atoms with van der Waals surface area (Å²) >= 11 is 6.49. The van der Waals surface area contributed by atoms with Crippen LogP contribution >= 0.6 is 24.0 Å². The summed E-state index contributed by atoms with van der Waals surface area (Å²) in [6.07, 6.45) is 1.98. The average Bonchev–Trinajstić information content (AvgIpc) is 2.94. The van der Waals surface area contributed by atoms with E-state index in [1.165, 1.54) is 10.5 Å². The van der Waals surface area contributed by atoms with E-state index < -0.39 is 12.0 Å². The third-order valence-corrected chi connectivity index (χ3v) is 5.92. The maximum Gasteiger partial charge on any atom is 0.327 e. The van der Waals surface area contributed by atoms with Gasteiger partial charge in [-0.05, 0) is 28.7 Å². The Morgan fingerprint density at radius 1 is 1.14 bits per heavy atom. The second-order valence-electron chi connectivity index (χ2n) is 6.92. The number of carbonyl (C=O) groups is 2. The van der Waals surface area contributed by atoms with Gasteiger partial charge >= 0.3 is 5.97 Å². The van der Waals surface area contributed by atoms with Gasteiger partial charge in [0.1, 0.15) is 10.4 Å². The van der Waals surface area contributed by atoms with Crippen LogP contribution in [-0.4, -0.2) is 32.2 Å². The summed E-state index contributed by atoms with van der Waals surface area (Å²) in [5.41, 5.74) is 2.95. The molecule has 1 aliphatic rings. The normalized spacial score (nSPS) is 16.8. The summed E-state index contributed by atoms with van der Waals surface area (Å²) < 4.78 is 0.276. The number of carboxylic acid groups (broad SMARTS) is 1. The molecule has 0 aliphatic carbocycles. The number of amides is 1. The number of hydrogen-bond donors (Lipinski definition) is 1. The zero-order valence-corrected chi connectivity index (χ0v) is 17.3. The Morgan fingerprint density at radius 2 is 1.79 bits per heavy atom. The Morgan fingerprint density at radius 3 is 2.36 bits per heavy atom. The summed E-state index contributed by atoms with van der Waals surface area (Å²) in [6.45, 7) is 4.25. The first kappa shape index (κ1) is 20.3. The van der Waals surface area contributed by atoms with Crippen LogP contribution in [0.5, 0.6) is 0 Å². The third kappa shape index (κ3) is 4.51. The lowest BCUT2D eigenvalue weighted by Gasteiger charge is -2.23. The van der Waals surface area contributed by atoms with Crippen molar-refractivity contribution in [3.63, 3.8) is 0 Å². The molecule has 0 radical (unpaired) electrons. The fourth-order valence-corrected chi connectivity index (χ4v) is 4.36. The van der Waals surface area contributed by atoms with Gasteiger partial charge in [0, 0.05) is 6.42 Å². The smallest absolute Gasteiger partial charge is 0.327 e. The summed E-state index contributed by atoms with van der Waals surface area (Å²) in [4.78, 5) is 26.5. The quantitative estimate of drug-likeness (QED) is 0.551. The van der Waals surface area contributed by atoms with Gasteiger partial charge in [0.15, 0.2) is 0 Å². The van der Waals surface area contributed by atoms with Crippen molar-refractivity contribution in [1.82, 2.24) is 4.90 Å². The van der Waals surface area contributed by atoms with Crippen molar-refractivity contribution in [1.29, 1.82) is 0 Å². The Bertz CT molecular complexity index is 921. The predicted octanol–water partition coefficient (Wildman–Crippen LogP) is 4.71. The van der Waals surface area contributed by atoms with Crippen LogP contribution in [0.2, 0.25) is 0 Å². The van der Waals surface area contributed by atoms with Crippen molar-refractivity contribution in [2.75, 3.05) is 0 Å². The fourth-order valence-electron chi connectivity index (χ4n) is 3.00. The molecule has 6 heteroatoms. The highest BCUT2D eigenvalue weighted by Gasteiger charge is 2.40. The first-order valence-corrected chi connectivity index (χ1v) is 10.2. The van der Waals surface area contributed by atoms with E-state index >= 15 is 0 Å². The number of rotatable bonds is 6. The molecule has 28 heavy (non-hydrogen) atoms. The molecule has 144 valence electrons. The number of aliphatic carboxylic acids is 1. The van der Waals surface area contributed by atoms with E-state index in [0.29, 0.717) is 10.8 Å². The third-order valence-electron chi connectivity index (χ3n) is 4.59. The Labute approximate surface area is 174 Å². The molecule has 0 spiro atoms. The molecule has 1 unspecified atom stereocenters. The van der Waals surface area contributed by atoms with Crippen LogP contribution in [0.25, 0.3) is 6.08 Å². The summed E-state index contributed by atoms with van der Waals surface area (Å²) in [5, 5.41) is 9.71. The van der Waals surface area contributed by atoms with E-state index in [4.69, 9.17) is 12.2 Å². The van der Waals surface area contributed by atoms with Crippen LogP contribution in [-0.2, 0) is 16.0 Å². The molecule has 1 amide bonds. The van der Waals surface area contributed by atoms with Gasteiger partial charge in [0.05, 0.1) is 4.91 Å². The van der Waals surface area contributed by atoms with E-state index in [9.17, 15) is 14.7 Å². The molecule has 1 aliphatic heterocycles. The minimum atomic E-state index is -1.07. The molecule has 3 rings (SSSR count). The Balaban J connectivity index is 1.84. The molecule has 1 saturated heterocycles. The summed E-state index contributed by atoms with van der Waals surface area (Å²) in [7, 11) is 0. The average molecular weight is 412 g/mol. The highest BCUT2D eigenvalue weighted by atomic mass is 32.2. The largest absolute Gasteiger partial charge is 0.480 e. The van der Waals surface area contributed by atoms with Crippen LogP contribution in [0, 0.1) is 0 Å². The molecule has 1 N–H and O–H groups in total. The number of benzene rings is 2. The van der Waals surface area contributed by atoms with Gasteiger partial charge in [-0.3, -0.25) is 9.69 Å². The molecule has 2 aromatic carbocycles. The molecule has 4 nitrogen and oxygen atoms in total. The zero-order chi connectivity index (χ0) is 20.3. The molecular weight excluding hydrogens is 390 g/mol. The maximum atomic E-state index is 12.9. The second kappa shape index (κ2) is 8.71. The molecule has 1 atom stereocenters. The van der Waals surface area contributed by atoms with Gasteiger partial charge in [-0.1, -0.05) is 92.4 Å². The van der Waals surface area contributed by atoms with Crippen molar-refractivity contribution in [2.45, 2.75) is 32.2 Å². The molecule has 2 aromatic rings. The first-order chi connectivity index (χ1) is 13.4. The van der Waals surface area contributed by atoms with Crippen LogP contribution in [0.3, 0.4) is 0 Å². The van der Waals surface area contributed by atoms with Crippen LogP contribution < -0.4 is 0 Å². The van der Waals surface area contributed by atoms with Gasteiger partial charge < -0.3 is 5.11 Å². The molecule has 1 heterocycles. The van der Waals surface area contributed by atoms with Gasteiger partial charge in [-0.25, -0.2) is 4.79 Å². The maximum absolute atomic E-state index is 12.9. The van der Waals surface area contributed by atoms with Crippen LogP contribution in [0.1, 0.15) is 36.5 Å². The highest BCUT2D eigenvalue weighted by Crippen LogP contribution is 2.35. The lowest BCUT2D eigenvalue weighted by atomic mass is 10.0. The lowest BCUT2D eigenvalue weighted by molar-refractivity contribution is -0.145. The monoisotopic (exact) mass is 411 g/mol. The van der Waals surface area contributed by atoms with Crippen molar-refractivity contribution >= 4 is 46.3 Å². The molecule has 0 saturated carbocycles. The van der Waals surface area contributed by atoms with Gasteiger partial charge in [-0.15, -0.1) is 0 Å². The highest BCUT2D eigenvalue weighted by molar-refractivity contribution is 8.26. The van der Waals surface area contributed by atoms with Crippen molar-refractivity contribution in [2.24, 2.45) is 0 Å². The van der Waals surface area contributed by atoms with E-state index in [0.717, 1.165) is 22.9 Å². The SMILES string of the molecule is CC(C)c1ccc(/C=C2\SC(=S)N(C(Cc3ccccc3)C(=O)O)C2=O)cc1. The van der Waals surface area contributed by atoms with Gasteiger partial charge in [-0.2, -0.15) is 0 Å². The molecule has 1 fully saturated rings. The number of thioether (sulfide) groups is 1. The lowest BCUT2D eigenvalue weighted by Crippen LogP contribution is -2.45. The van der Waals surface area contributed by atoms with E-state index in [1.54, 1.807) is 6.08 Å². The zero-order valence-electron chi connectivity index (χ0n) is 15.7. The summed E-state index contributed by atoms with van der Waals surface area (Å²) in [5.74, 6) is -0.990. The molecular formula is C22H21NO3S2. The van der Waals surface area contributed by atoms with E-state index in [-0.39, 0.29) is 16.6 Å². The number of carbonyl (C=O) groups excluding carboxylic acids is 1. The number of carboxylic acids is 1. The van der Waals surface area contributed by atoms with Gasteiger partial charge in [0.2, 0.25) is 0 Å². The topological polar surface area (TPSA) is 57.6 Å². The predicted molar refractivity (Wildman–Crippen MR) is 117 cm³/mol. The van der Waals surface area contributed by atoms with Crippen molar-refractivity contribution in [3.8, 4) is 0 Å². The molecule has 0 bridgehead atoms. The Hall–Kier alpha value is -2.44. The van der Waals surface area contributed by atoms with Crippen LogP contribution in [0.15, 0.2) is 59.5 Å². The van der Waals surface area contributed by atoms with E-state index in [2.05, 4.69) is 13.8 Å². The Kier molecular flexibility index (Phi) is 6.31. The number of hydrogen-bond acceptors (Lipinski definition) is 4. The fraction of sp³-hybridized carbons (Fsp3) is 0.227. The molecule has 0 aromatic heterocycles. The minimum Gasteiger partial charge on any atom is -0.480 e. The van der Waals surface area contributed by atoms with Crippen molar-refractivity contribution in [3.05, 3.63) is 76.2 Å². The first-order valence-electron chi connectivity index (χ1n) is 9.00. The number of thiocarbonyl (C=S) groups is 1. The van der Waals surface area contributed by atoms with Crippen LogP contribution in [0.4, 0.5) is 0 Å². The van der Waals surface area contributed by atoms with E-state index in [1.807, 2.05) is 54.6 Å². The standard InChI is InChI=1S/C22H21NO3S2/c1-14(2)17-10-8-16(9-11-17)13-19-20(24)23(22(27)28-19)18(21(25)26)12-15-6-4-3-5-7-15/h3-11,13-14,18H,12H2,1-2H3,(H,25,26)/b19-13-. The second-order valence-corrected chi connectivity index (χ2v) is 8.59. The summed E-state index contributed by atoms with van der Waals surface area (Å²) in [6, 6.07) is 16.2.